The maximum atomic E-state index is 12.3. The molecule has 1 heterocycles. The summed E-state index contributed by atoms with van der Waals surface area (Å²) in [6.07, 6.45) is 2.43. The van der Waals surface area contributed by atoms with E-state index in [-0.39, 0.29) is 5.78 Å². The molecular weight excluding hydrogens is 228 g/mol. The first-order valence-corrected chi connectivity index (χ1v) is 6.04. The van der Waals surface area contributed by atoms with Crippen LogP contribution in [0.25, 0.3) is 0 Å². The lowest BCUT2D eigenvalue weighted by Gasteiger charge is -2.09. The molecule has 0 unspecified atom stereocenters. The van der Waals surface area contributed by atoms with Crippen molar-refractivity contribution < 1.29 is 13.9 Å². The van der Waals surface area contributed by atoms with Gasteiger partial charge in [0, 0.05) is 0 Å². The Kier molecular flexibility index (Phi) is 3.82. The average Bonchev–Trinajstić information content (AvgIpc) is 2.82. The zero-order valence-electron chi connectivity index (χ0n) is 10.6. The second-order valence-electron chi connectivity index (χ2n) is 4.11. The summed E-state index contributed by atoms with van der Waals surface area (Å²) in [5, 5.41) is 0. The van der Waals surface area contributed by atoms with Gasteiger partial charge in [0.2, 0.25) is 5.78 Å². The quantitative estimate of drug-likeness (QED) is 0.754. The Morgan fingerprint density at radius 3 is 2.72 bits per heavy atom. The van der Waals surface area contributed by atoms with Gasteiger partial charge in [0.05, 0.1) is 18.4 Å². The summed E-state index contributed by atoms with van der Waals surface area (Å²) in [6, 6.07) is 9.03. The second-order valence-corrected chi connectivity index (χ2v) is 4.11. The number of carbonyl (C=O) groups excluding carboxylic acids is 1. The molecule has 0 radical (unpaired) electrons. The second kappa shape index (κ2) is 5.54. The molecule has 0 saturated heterocycles. The topological polar surface area (TPSA) is 39.4 Å². The number of benzene rings is 1. The first-order chi connectivity index (χ1) is 8.74. The summed E-state index contributed by atoms with van der Waals surface area (Å²) >= 11 is 0. The highest BCUT2D eigenvalue weighted by Crippen LogP contribution is 2.23. The molecule has 0 bridgehead atoms. The van der Waals surface area contributed by atoms with Gasteiger partial charge in [0.15, 0.2) is 5.76 Å². The molecule has 0 spiro atoms. The van der Waals surface area contributed by atoms with Crippen LogP contribution in [-0.2, 0) is 0 Å². The minimum Gasteiger partial charge on any atom is -0.493 e. The van der Waals surface area contributed by atoms with E-state index in [1.165, 1.54) is 6.26 Å². The number of hydrogen-bond donors (Lipinski definition) is 0. The molecule has 1 aromatic heterocycles. The minimum atomic E-state index is -0.135. The molecule has 18 heavy (non-hydrogen) atoms. The summed E-state index contributed by atoms with van der Waals surface area (Å²) in [5.74, 6) is 0.854. The zero-order valence-corrected chi connectivity index (χ0v) is 10.6. The third-order valence-corrected chi connectivity index (χ3v) is 2.66. The van der Waals surface area contributed by atoms with E-state index in [0.29, 0.717) is 23.7 Å². The van der Waals surface area contributed by atoms with Gasteiger partial charge in [-0.15, -0.1) is 0 Å². The first kappa shape index (κ1) is 12.4. The molecule has 0 saturated carbocycles. The van der Waals surface area contributed by atoms with Crippen LogP contribution >= 0.6 is 0 Å². The molecule has 94 valence electrons. The van der Waals surface area contributed by atoms with Crippen molar-refractivity contribution >= 4 is 5.78 Å². The van der Waals surface area contributed by atoms with Crippen LogP contribution < -0.4 is 4.74 Å². The van der Waals surface area contributed by atoms with E-state index in [4.69, 9.17) is 9.15 Å². The van der Waals surface area contributed by atoms with Crippen molar-refractivity contribution in [2.24, 2.45) is 0 Å². The maximum Gasteiger partial charge on any atom is 0.232 e. The fraction of sp³-hybridized carbons (Fsp3) is 0.267. The standard InChI is InChI=1S/C15H16O3/c1-3-9-17-13-7-5-4-6-12(13)14(16)15-11(2)8-10-18-15/h4-8,10H,3,9H2,1-2H3. The van der Waals surface area contributed by atoms with Gasteiger partial charge < -0.3 is 9.15 Å². The molecule has 2 rings (SSSR count). The molecule has 3 nitrogen and oxygen atoms in total. The summed E-state index contributed by atoms with van der Waals surface area (Å²) in [7, 11) is 0. The van der Waals surface area contributed by atoms with E-state index < -0.39 is 0 Å². The zero-order chi connectivity index (χ0) is 13.0. The largest absolute Gasteiger partial charge is 0.493 e. The molecule has 0 amide bonds. The molecule has 0 aliphatic heterocycles. The molecule has 1 aromatic carbocycles. The lowest BCUT2D eigenvalue weighted by atomic mass is 10.1. The summed E-state index contributed by atoms with van der Waals surface area (Å²) in [6.45, 7) is 4.48. The maximum absolute atomic E-state index is 12.3. The van der Waals surface area contributed by atoms with Gasteiger partial charge in [-0.05, 0) is 37.1 Å². The number of ether oxygens (including phenoxy) is 1. The van der Waals surface area contributed by atoms with Crippen molar-refractivity contribution in [3.05, 3.63) is 53.5 Å². The molecule has 0 fully saturated rings. The number of para-hydroxylation sites is 1. The third-order valence-electron chi connectivity index (χ3n) is 2.66. The van der Waals surface area contributed by atoms with Crippen molar-refractivity contribution in [1.82, 2.24) is 0 Å². The van der Waals surface area contributed by atoms with Crippen LogP contribution in [0.1, 0.15) is 35.0 Å². The Labute approximate surface area is 106 Å². The first-order valence-electron chi connectivity index (χ1n) is 6.04. The van der Waals surface area contributed by atoms with Crippen LogP contribution in [0.5, 0.6) is 5.75 Å². The monoisotopic (exact) mass is 244 g/mol. The van der Waals surface area contributed by atoms with Crippen molar-refractivity contribution in [2.45, 2.75) is 20.3 Å². The van der Waals surface area contributed by atoms with Gasteiger partial charge in [-0.2, -0.15) is 0 Å². The van der Waals surface area contributed by atoms with E-state index in [1.807, 2.05) is 26.0 Å². The highest BCUT2D eigenvalue weighted by Gasteiger charge is 2.18. The van der Waals surface area contributed by atoms with Crippen LogP contribution in [0.2, 0.25) is 0 Å². The third kappa shape index (κ3) is 2.45. The Bertz CT molecular complexity index is 540. The van der Waals surface area contributed by atoms with Crippen molar-refractivity contribution in [1.29, 1.82) is 0 Å². The van der Waals surface area contributed by atoms with Crippen LogP contribution in [0, 0.1) is 6.92 Å². The molecule has 0 aliphatic rings. The molecular formula is C15H16O3. The van der Waals surface area contributed by atoms with Crippen LogP contribution in [0.15, 0.2) is 41.0 Å². The van der Waals surface area contributed by atoms with Gasteiger partial charge >= 0.3 is 0 Å². The van der Waals surface area contributed by atoms with Gasteiger partial charge in [0.25, 0.3) is 0 Å². The number of rotatable bonds is 5. The average molecular weight is 244 g/mol. The van der Waals surface area contributed by atoms with E-state index in [2.05, 4.69) is 0 Å². The van der Waals surface area contributed by atoms with Crippen molar-refractivity contribution in [2.75, 3.05) is 6.61 Å². The van der Waals surface area contributed by atoms with E-state index in [1.54, 1.807) is 18.2 Å². The summed E-state index contributed by atoms with van der Waals surface area (Å²) < 4.78 is 10.8. The Balaban J connectivity index is 2.33. The lowest BCUT2D eigenvalue weighted by Crippen LogP contribution is -2.06. The Hall–Kier alpha value is -2.03. The van der Waals surface area contributed by atoms with E-state index in [0.717, 1.165) is 12.0 Å². The molecule has 0 atom stereocenters. The van der Waals surface area contributed by atoms with Gasteiger partial charge in [-0.3, -0.25) is 4.79 Å². The van der Waals surface area contributed by atoms with Crippen LogP contribution in [0.3, 0.4) is 0 Å². The normalized spacial score (nSPS) is 10.3. The number of ketones is 1. The van der Waals surface area contributed by atoms with E-state index >= 15 is 0 Å². The number of carbonyl (C=O) groups is 1. The fourth-order valence-electron chi connectivity index (χ4n) is 1.72. The highest BCUT2D eigenvalue weighted by molar-refractivity contribution is 6.09. The van der Waals surface area contributed by atoms with Crippen LogP contribution in [-0.4, -0.2) is 12.4 Å². The van der Waals surface area contributed by atoms with Crippen LogP contribution in [0.4, 0.5) is 0 Å². The molecule has 0 aliphatic carbocycles. The lowest BCUT2D eigenvalue weighted by molar-refractivity contribution is 0.100. The van der Waals surface area contributed by atoms with Crippen molar-refractivity contribution in [3.63, 3.8) is 0 Å². The smallest absolute Gasteiger partial charge is 0.232 e. The Morgan fingerprint density at radius 1 is 1.28 bits per heavy atom. The highest BCUT2D eigenvalue weighted by atomic mass is 16.5. The Morgan fingerprint density at radius 2 is 2.06 bits per heavy atom. The number of hydrogen-bond acceptors (Lipinski definition) is 3. The SMILES string of the molecule is CCCOc1ccccc1C(=O)c1occc1C. The van der Waals surface area contributed by atoms with Gasteiger partial charge in [-0.25, -0.2) is 0 Å². The minimum absolute atomic E-state index is 0.135. The van der Waals surface area contributed by atoms with Gasteiger partial charge in [-0.1, -0.05) is 19.1 Å². The van der Waals surface area contributed by atoms with Crippen molar-refractivity contribution in [3.8, 4) is 5.75 Å². The molecule has 3 heteroatoms. The predicted octanol–water partition coefficient (Wildman–Crippen LogP) is 3.61. The summed E-state index contributed by atoms with van der Waals surface area (Å²) in [4.78, 5) is 12.3. The van der Waals surface area contributed by atoms with Gasteiger partial charge in [0.1, 0.15) is 5.75 Å². The number of aryl methyl sites for hydroxylation is 1. The fourth-order valence-corrected chi connectivity index (χ4v) is 1.72. The predicted molar refractivity (Wildman–Crippen MR) is 69.1 cm³/mol. The number of furan rings is 1. The van der Waals surface area contributed by atoms with E-state index in [9.17, 15) is 4.79 Å². The molecule has 2 aromatic rings. The summed E-state index contributed by atoms with van der Waals surface area (Å²) in [5.41, 5.74) is 1.38. The molecule has 0 N–H and O–H groups in total.